The van der Waals surface area contributed by atoms with Crippen LogP contribution in [0.3, 0.4) is 0 Å². The fraction of sp³-hybridized carbons (Fsp3) is 0.222. The number of ether oxygens (including phenoxy) is 2. The molecule has 0 aliphatic carbocycles. The Labute approximate surface area is 145 Å². The molecule has 25 heavy (non-hydrogen) atoms. The number of carbonyl (C=O) groups is 2. The van der Waals surface area contributed by atoms with Crippen LogP contribution in [0.2, 0.25) is 0 Å². The van der Waals surface area contributed by atoms with Crippen molar-refractivity contribution in [1.29, 1.82) is 0 Å². The Bertz CT molecular complexity index is 751. The third-order valence-corrected chi connectivity index (χ3v) is 3.74. The van der Waals surface area contributed by atoms with E-state index < -0.39 is 12.0 Å². The van der Waals surface area contributed by atoms with Gasteiger partial charge in [0.2, 0.25) is 5.91 Å². The van der Waals surface area contributed by atoms with Gasteiger partial charge < -0.3 is 25.4 Å². The molecule has 0 saturated carbocycles. The van der Waals surface area contributed by atoms with Crippen LogP contribution in [0.4, 0.5) is 10.5 Å². The third-order valence-electron chi connectivity index (χ3n) is 3.74. The summed E-state index contributed by atoms with van der Waals surface area (Å²) in [5.74, 6) is 0.750. The highest BCUT2D eigenvalue weighted by Crippen LogP contribution is 2.24. The smallest absolute Gasteiger partial charge is 0.322 e. The lowest BCUT2D eigenvalue weighted by atomic mass is 10.2. The molecule has 7 nitrogen and oxygen atoms in total. The van der Waals surface area contributed by atoms with Crippen molar-refractivity contribution in [2.75, 3.05) is 25.0 Å². The van der Waals surface area contributed by atoms with Gasteiger partial charge in [0, 0.05) is 18.3 Å². The van der Waals surface area contributed by atoms with E-state index in [1.165, 1.54) is 4.90 Å². The van der Waals surface area contributed by atoms with Gasteiger partial charge in [0.15, 0.2) is 6.10 Å². The SMILES string of the molecule is NC(=O)[C@@H]1CN(C(=O)Nc2cccc(Oc3ccccc3)c2)CCO1. The molecule has 3 N–H and O–H groups in total. The molecule has 130 valence electrons. The Balaban J connectivity index is 1.63. The lowest BCUT2D eigenvalue weighted by Gasteiger charge is -2.31. The van der Waals surface area contributed by atoms with Crippen molar-refractivity contribution in [2.45, 2.75) is 6.10 Å². The molecule has 3 rings (SSSR count). The molecule has 1 atom stereocenters. The highest BCUT2D eigenvalue weighted by molar-refractivity contribution is 5.90. The second kappa shape index (κ2) is 7.67. The fourth-order valence-corrected chi connectivity index (χ4v) is 2.47. The number of primary amides is 1. The summed E-state index contributed by atoms with van der Waals surface area (Å²) >= 11 is 0. The quantitative estimate of drug-likeness (QED) is 0.891. The highest BCUT2D eigenvalue weighted by Gasteiger charge is 2.27. The second-order valence-electron chi connectivity index (χ2n) is 5.58. The number of anilines is 1. The van der Waals surface area contributed by atoms with Crippen LogP contribution in [-0.2, 0) is 9.53 Å². The topological polar surface area (TPSA) is 93.9 Å². The molecule has 0 spiro atoms. The zero-order valence-corrected chi connectivity index (χ0v) is 13.6. The molecule has 0 bridgehead atoms. The predicted octanol–water partition coefficient (Wildman–Crippen LogP) is 2.20. The van der Waals surface area contributed by atoms with Gasteiger partial charge in [0.05, 0.1) is 13.2 Å². The molecule has 1 aliphatic heterocycles. The maximum atomic E-state index is 12.4. The summed E-state index contributed by atoms with van der Waals surface area (Å²) in [6.45, 7) is 0.815. The van der Waals surface area contributed by atoms with Gasteiger partial charge in [-0.25, -0.2) is 4.79 Å². The van der Waals surface area contributed by atoms with E-state index in [2.05, 4.69) is 5.32 Å². The molecule has 2 aromatic rings. The van der Waals surface area contributed by atoms with Crippen LogP contribution in [0, 0.1) is 0 Å². The van der Waals surface area contributed by atoms with Crippen molar-refractivity contribution < 1.29 is 19.1 Å². The van der Waals surface area contributed by atoms with E-state index in [-0.39, 0.29) is 19.2 Å². The Morgan fingerprint density at radius 2 is 1.88 bits per heavy atom. The van der Waals surface area contributed by atoms with E-state index in [1.807, 2.05) is 30.3 Å². The number of benzene rings is 2. The van der Waals surface area contributed by atoms with E-state index in [1.54, 1.807) is 24.3 Å². The van der Waals surface area contributed by atoms with Crippen molar-refractivity contribution in [1.82, 2.24) is 4.90 Å². The van der Waals surface area contributed by atoms with Crippen LogP contribution in [0.25, 0.3) is 0 Å². The lowest BCUT2D eigenvalue weighted by molar-refractivity contribution is -0.133. The number of nitrogens with one attached hydrogen (secondary N) is 1. The third kappa shape index (κ3) is 4.48. The fourth-order valence-electron chi connectivity index (χ4n) is 2.47. The van der Waals surface area contributed by atoms with Gasteiger partial charge in [-0.2, -0.15) is 0 Å². The number of para-hydroxylation sites is 1. The summed E-state index contributed by atoms with van der Waals surface area (Å²) < 4.78 is 11.0. The maximum absolute atomic E-state index is 12.4. The van der Waals surface area contributed by atoms with Crippen LogP contribution in [0.5, 0.6) is 11.5 Å². The number of rotatable bonds is 4. The maximum Gasteiger partial charge on any atom is 0.322 e. The summed E-state index contributed by atoms with van der Waals surface area (Å²) in [5.41, 5.74) is 5.83. The van der Waals surface area contributed by atoms with E-state index in [0.29, 0.717) is 23.7 Å². The van der Waals surface area contributed by atoms with Crippen molar-refractivity contribution in [2.24, 2.45) is 5.73 Å². The van der Waals surface area contributed by atoms with Crippen LogP contribution >= 0.6 is 0 Å². The zero-order valence-electron chi connectivity index (χ0n) is 13.6. The first-order valence-electron chi connectivity index (χ1n) is 7.91. The van der Waals surface area contributed by atoms with Gasteiger partial charge in [-0.15, -0.1) is 0 Å². The number of urea groups is 1. The Kier molecular flexibility index (Phi) is 5.15. The average molecular weight is 341 g/mol. The number of morpholine rings is 1. The summed E-state index contributed by atoms with van der Waals surface area (Å²) in [7, 11) is 0. The normalized spacial score (nSPS) is 17.0. The number of hydrogen-bond donors (Lipinski definition) is 2. The number of nitrogens with zero attached hydrogens (tertiary/aromatic N) is 1. The summed E-state index contributed by atoms with van der Waals surface area (Å²) in [4.78, 5) is 25.1. The molecule has 7 heteroatoms. The van der Waals surface area contributed by atoms with Crippen LogP contribution in [0.1, 0.15) is 0 Å². The van der Waals surface area contributed by atoms with Crippen LogP contribution < -0.4 is 15.8 Å². The molecule has 0 radical (unpaired) electrons. The van der Waals surface area contributed by atoms with Gasteiger partial charge in [-0.3, -0.25) is 4.79 Å². The van der Waals surface area contributed by atoms with Crippen LogP contribution in [0.15, 0.2) is 54.6 Å². The van der Waals surface area contributed by atoms with E-state index in [4.69, 9.17) is 15.2 Å². The second-order valence-corrected chi connectivity index (χ2v) is 5.58. The molecule has 1 heterocycles. The number of nitrogens with two attached hydrogens (primary N) is 1. The van der Waals surface area contributed by atoms with Gasteiger partial charge >= 0.3 is 6.03 Å². The summed E-state index contributed by atoms with van der Waals surface area (Å²) in [5, 5.41) is 2.80. The molecule has 0 aromatic heterocycles. The first-order chi connectivity index (χ1) is 12.1. The minimum absolute atomic E-state index is 0.140. The molecule has 0 unspecified atom stereocenters. The van der Waals surface area contributed by atoms with Crippen LogP contribution in [-0.4, -0.2) is 42.6 Å². The number of carbonyl (C=O) groups excluding carboxylic acids is 2. The molecule has 1 aliphatic rings. The highest BCUT2D eigenvalue weighted by atomic mass is 16.5. The van der Waals surface area contributed by atoms with Gasteiger partial charge in [0.25, 0.3) is 0 Å². The van der Waals surface area contributed by atoms with E-state index in [0.717, 1.165) is 0 Å². The predicted molar refractivity (Wildman–Crippen MR) is 92.5 cm³/mol. The first kappa shape index (κ1) is 16.8. The van der Waals surface area contributed by atoms with Crippen molar-refractivity contribution >= 4 is 17.6 Å². The molecule has 1 fully saturated rings. The minimum Gasteiger partial charge on any atom is -0.457 e. The molecular weight excluding hydrogens is 322 g/mol. The van der Waals surface area contributed by atoms with Gasteiger partial charge in [-0.1, -0.05) is 24.3 Å². The standard InChI is InChI=1S/C18H19N3O4/c19-17(22)16-12-21(9-10-24-16)18(23)20-13-5-4-8-15(11-13)25-14-6-2-1-3-7-14/h1-8,11,16H,9-10,12H2,(H2,19,22)(H,20,23)/t16-/m0/s1. The summed E-state index contributed by atoms with van der Waals surface area (Å²) in [6.07, 6.45) is -0.771. The van der Waals surface area contributed by atoms with Crippen molar-refractivity contribution in [3.8, 4) is 11.5 Å². The van der Waals surface area contributed by atoms with Crippen molar-refractivity contribution in [3.63, 3.8) is 0 Å². The Hall–Kier alpha value is -3.06. The average Bonchev–Trinajstić information content (AvgIpc) is 2.63. The Morgan fingerprint density at radius 3 is 2.64 bits per heavy atom. The van der Waals surface area contributed by atoms with Gasteiger partial charge in [-0.05, 0) is 24.3 Å². The Morgan fingerprint density at radius 1 is 1.12 bits per heavy atom. The van der Waals surface area contributed by atoms with E-state index in [9.17, 15) is 9.59 Å². The lowest BCUT2D eigenvalue weighted by Crippen LogP contribution is -2.51. The van der Waals surface area contributed by atoms with Crippen molar-refractivity contribution in [3.05, 3.63) is 54.6 Å². The minimum atomic E-state index is -0.771. The zero-order chi connectivity index (χ0) is 17.6. The largest absolute Gasteiger partial charge is 0.457 e. The summed E-state index contributed by atoms with van der Waals surface area (Å²) in [6, 6.07) is 16.2. The first-order valence-corrected chi connectivity index (χ1v) is 7.91. The number of amides is 3. The molecular formula is C18H19N3O4. The molecule has 3 amide bonds. The molecule has 1 saturated heterocycles. The van der Waals surface area contributed by atoms with Gasteiger partial charge in [0.1, 0.15) is 11.5 Å². The van der Waals surface area contributed by atoms with E-state index >= 15 is 0 Å². The number of hydrogen-bond acceptors (Lipinski definition) is 4. The molecule has 2 aromatic carbocycles. The monoisotopic (exact) mass is 341 g/mol.